The van der Waals surface area contributed by atoms with Crippen molar-refractivity contribution >= 4 is 57.4 Å². The van der Waals surface area contributed by atoms with E-state index in [4.69, 9.17) is 19.3 Å². The zero-order valence-corrected chi connectivity index (χ0v) is 13.6. The molecule has 0 aromatic carbocycles. The summed E-state index contributed by atoms with van der Waals surface area (Å²) in [7, 11) is 2.78. The van der Waals surface area contributed by atoms with E-state index in [2.05, 4.69) is 9.97 Å². The molecule has 11 N–H and O–H groups in total. The van der Waals surface area contributed by atoms with Crippen LogP contribution in [-0.4, -0.2) is 114 Å². The Morgan fingerprint density at radius 2 is 1.56 bits per heavy atom. The first-order chi connectivity index (χ1) is 10.0. The van der Waals surface area contributed by atoms with Crippen molar-refractivity contribution in [3.63, 3.8) is 0 Å². The monoisotopic (exact) mass is 423 g/mol. The summed E-state index contributed by atoms with van der Waals surface area (Å²) >= 11 is 0. The Morgan fingerprint density at radius 1 is 1.07 bits per heavy atom. The van der Waals surface area contributed by atoms with E-state index in [-0.39, 0.29) is 107 Å². The molecular formula is C12H22KN3O11. The molecule has 0 aliphatic rings. The fraction of sp³-hybridized carbons (Fsp3) is 0.167. The van der Waals surface area contributed by atoms with Gasteiger partial charge < -0.3 is 51.9 Å². The Bertz CT molecular complexity index is 667. The van der Waals surface area contributed by atoms with E-state index in [1.807, 2.05) is 0 Å². The number of methoxy groups -OCH3 is 2. The van der Waals surface area contributed by atoms with E-state index in [1.54, 1.807) is 0 Å². The molecule has 14 nitrogen and oxygen atoms in total. The molecule has 15 heteroatoms. The quantitative estimate of drug-likeness (QED) is 0.279. The molecular weight excluding hydrogens is 401 g/mol. The number of hydrogen-bond acceptors (Lipinski definition) is 7. The summed E-state index contributed by atoms with van der Waals surface area (Å²) in [6.07, 6.45) is 1.04. The average molecular weight is 423 g/mol. The van der Waals surface area contributed by atoms with Gasteiger partial charge in [0.25, 0.3) is 0 Å². The van der Waals surface area contributed by atoms with Crippen molar-refractivity contribution in [3.05, 3.63) is 35.3 Å². The Hall–Kier alpha value is -1.66. The second-order valence-corrected chi connectivity index (χ2v) is 3.69. The molecule has 0 unspecified atom stereocenters. The second kappa shape index (κ2) is 16.5. The summed E-state index contributed by atoms with van der Waals surface area (Å²) < 4.78 is 15.3. The van der Waals surface area contributed by atoms with Crippen LogP contribution in [0.25, 0.3) is 0 Å². The number of rotatable bonds is 5. The predicted octanol–water partition coefficient (Wildman–Crippen LogP) is -4.15. The van der Waals surface area contributed by atoms with Gasteiger partial charge in [-0.15, -0.1) is 0 Å². The third kappa shape index (κ3) is 9.20. The van der Waals surface area contributed by atoms with Gasteiger partial charge in [0.1, 0.15) is 0 Å². The average Bonchev–Trinajstić information content (AvgIpc) is 2.46. The van der Waals surface area contributed by atoms with Crippen LogP contribution >= 0.6 is 0 Å². The van der Waals surface area contributed by atoms with Gasteiger partial charge in [0, 0.05) is 6.07 Å². The number of ether oxygens (including phenoxy) is 3. The minimum atomic E-state index is -1.43. The molecule has 2 rings (SSSR count). The first kappa shape index (κ1) is 36.3. The number of carboxylic acids is 1. The first-order valence-electron chi connectivity index (χ1n) is 5.65. The fourth-order valence-electron chi connectivity index (χ4n) is 1.49. The van der Waals surface area contributed by atoms with Crippen molar-refractivity contribution < 1.29 is 56.2 Å². The molecule has 0 aliphatic heterocycles. The van der Waals surface area contributed by atoms with Crippen LogP contribution in [0, 0.1) is 5.21 Å². The van der Waals surface area contributed by atoms with E-state index in [9.17, 15) is 10.0 Å². The molecule has 2 heterocycles. The molecule has 0 saturated carbocycles. The van der Waals surface area contributed by atoms with Gasteiger partial charge in [0.05, 0.1) is 20.3 Å². The molecule has 0 radical (unpaired) electrons. The number of carboxylic acid groups (broad SMARTS) is 1. The van der Waals surface area contributed by atoms with E-state index in [1.165, 1.54) is 32.4 Å². The van der Waals surface area contributed by atoms with Crippen molar-refractivity contribution in [3.8, 4) is 23.5 Å². The van der Waals surface area contributed by atoms with Crippen LogP contribution in [0.1, 0.15) is 10.5 Å². The molecule has 27 heavy (non-hydrogen) atoms. The topological polar surface area (TPSA) is 275 Å². The van der Waals surface area contributed by atoms with E-state index in [0.29, 0.717) is 0 Å². The molecule has 0 amide bonds. The van der Waals surface area contributed by atoms with Gasteiger partial charge in [0.2, 0.25) is 17.5 Å². The normalized spacial score (nSPS) is 7.78. The summed E-state index contributed by atoms with van der Waals surface area (Å²) in [4.78, 5) is 18.9. The Kier molecular flexibility index (Phi) is 22.2. The molecule has 0 fully saturated rings. The molecule has 0 atom stereocenters. The molecule has 152 valence electrons. The van der Waals surface area contributed by atoms with Crippen LogP contribution in [-0.2, 0) is 0 Å². The van der Waals surface area contributed by atoms with E-state index >= 15 is 0 Å². The summed E-state index contributed by atoms with van der Waals surface area (Å²) in [5.74, 6) is -1.30. The summed E-state index contributed by atoms with van der Waals surface area (Å²) in [6, 6.07) is 3.86. The van der Waals surface area contributed by atoms with Crippen LogP contribution in [0.5, 0.6) is 23.5 Å². The molecule has 0 spiro atoms. The van der Waals surface area contributed by atoms with E-state index < -0.39 is 11.7 Å². The molecule has 0 bridgehead atoms. The number of hydrogen-bond donors (Lipinski definition) is 1. The Morgan fingerprint density at radius 3 is 1.96 bits per heavy atom. The maximum atomic E-state index is 11.5. The van der Waals surface area contributed by atoms with Crippen LogP contribution in [0.3, 0.4) is 0 Å². The van der Waals surface area contributed by atoms with Crippen molar-refractivity contribution in [1.29, 1.82) is 0 Å². The van der Waals surface area contributed by atoms with Gasteiger partial charge in [-0.05, 0) is 6.07 Å². The van der Waals surface area contributed by atoms with Crippen molar-refractivity contribution in [2.24, 2.45) is 0 Å². The van der Waals surface area contributed by atoms with Gasteiger partial charge in [0.15, 0.2) is 6.20 Å². The van der Waals surface area contributed by atoms with Gasteiger partial charge in [-0.3, -0.25) is 0 Å². The zero-order valence-electron chi connectivity index (χ0n) is 13.6. The first-order valence-corrected chi connectivity index (χ1v) is 5.65. The second-order valence-electron chi connectivity index (χ2n) is 3.69. The Balaban J connectivity index is -0.000000269. The molecule has 0 aliphatic carbocycles. The van der Waals surface area contributed by atoms with Crippen molar-refractivity contribution in [1.82, 2.24) is 9.97 Å². The van der Waals surface area contributed by atoms with Crippen LogP contribution < -0.4 is 18.9 Å². The number of aromatic carboxylic acids is 1. The summed E-state index contributed by atoms with van der Waals surface area (Å²) in [5, 5.41) is 20.5. The third-order valence-electron chi connectivity index (χ3n) is 2.40. The fourth-order valence-corrected chi connectivity index (χ4v) is 1.49. The number of pyridine rings is 1. The number of nitrogens with zero attached hydrogens (tertiary/aromatic N) is 3. The standard InChI is InChI=1S/C12H11N3O6.K.5H2O.H/c1-19-8-6-9(20-2)14-12(13-8)21-7-4-3-5-15(18)10(7)11(16)17;;;;;;;/h3-6H,1-2H3,(H,16,17);;5*1H2;. The van der Waals surface area contributed by atoms with Gasteiger partial charge in [-0.2, -0.15) is 14.7 Å². The van der Waals surface area contributed by atoms with Crippen LogP contribution in [0.15, 0.2) is 24.4 Å². The minimum absolute atomic E-state index is 0. The van der Waals surface area contributed by atoms with Crippen LogP contribution in [0.2, 0.25) is 0 Å². The predicted molar refractivity (Wildman–Crippen MR) is 92.8 cm³/mol. The van der Waals surface area contributed by atoms with Crippen molar-refractivity contribution in [2.45, 2.75) is 0 Å². The number of aromatic nitrogens is 3. The zero-order chi connectivity index (χ0) is 15.4. The van der Waals surface area contributed by atoms with Crippen LogP contribution in [0.4, 0.5) is 0 Å². The summed E-state index contributed by atoms with van der Waals surface area (Å²) in [6.45, 7) is 0. The SMILES string of the molecule is COc1cc(OC)nc(Oc2ccc[n+]([O-])c2C(=O)O)n1.O.O.O.O.O.[KH]. The van der Waals surface area contributed by atoms with E-state index in [0.717, 1.165) is 6.20 Å². The van der Waals surface area contributed by atoms with Gasteiger partial charge in [-0.25, -0.2) is 4.79 Å². The molecule has 0 saturated heterocycles. The maximum absolute atomic E-state index is 11.5. The molecule has 2 aromatic heterocycles. The van der Waals surface area contributed by atoms with Gasteiger partial charge in [-0.1, -0.05) is 0 Å². The third-order valence-corrected chi connectivity index (χ3v) is 2.40. The Labute approximate surface area is 195 Å². The summed E-state index contributed by atoms with van der Waals surface area (Å²) in [5.41, 5.74) is -0.581. The van der Waals surface area contributed by atoms with Gasteiger partial charge >= 0.3 is 69.1 Å². The van der Waals surface area contributed by atoms with Crippen molar-refractivity contribution in [2.75, 3.05) is 14.2 Å². The number of carbonyl (C=O) groups is 1. The molecule has 2 aromatic rings.